The van der Waals surface area contributed by atoms with Crippen molar-refractivity contribution < 1.29 is 27.9 Å². The van der Waals surface area contributed by atoms with E-state index in [0.717, 1.165) is 5.56 Å². The normalized spacial score (nSPS) is 19.6. The summed E-state index contributed by atoms with van der Waals surface area (Å²) in [7, 11) is -3.99. The second-order valence-electron chi connectivity index (χ2n) is 8.41. The molecular weight excluding hydrogens is 410 g/mol. The molecule has 0 bridgehead atoms. The molecule has 30 heavy (non-hydrogen) atoms. The maximum absolute atomic E-state index is 12.4. The molecule has 0 aliphatic heterocycles. The summed E-state index contributed by atoms with van der Waals surface area (Å²) in [4.78, 5) is 23.6. The van der Waals surface area contributed by atoms with E-state index in [-0.39, 0.29) is 17.0 Å². The van der Waals surface area contributed by atoms with E-state index in [1.165, 1.54) is 12.1 Å². The van der Waals surface area contributed by atoms with Gasteiger partial charge in [0.1, 0.15) is 5.60 Å². The van der Waals surface area contributed by atoms with E-state index in [2.05, 4.69) is 10.6 Å². The Morgan fingerprint density at radius 2 is 1.70 bits per heavy atom. The number of carbonyl (C=O) groups is 2. The largest absolute Gasteiger partial charge is 0.444 e. The minimum atomic E-state index is -3.99. The lowest BCUT2D eigenvalue weighted by Crippen LogP contribution is -2.46. The number of alkyl carbamates (subject to hydrolysis) is 1. The van der Waals surface area contributed by atoms with Crippen LogP contribution in [0, 0.1) is 0 Å². The number of carbonyl (C=O) groups excluding carboxylic acids is 2. The van der Waals surface area contributed by atoms with Crippen LogP contribution in [0.4, 0.5) is 9.59 Å². The smallest absolute Gasteiger partial charge is 0.407 e. The summed E-state index contributed by atoms with van der Waals surface area (Å²) in [5.41, 5.74) is 0.257. The fourth-order valence-electron chi connectivity index (χ4n) is 3.07. The third-order valence-corrected chi connectivity index (χ3v) is 5.92. The highest BCUT2D eigenvalue weighted by atomic mass is 32.2. The molecule has 0 saturated heterocycles. The summed E-state index contributed by atoms with van der Waals surface area (Å²) >= 11 is 0. The number of hydrogen-bond donors (Lipinski definition) is 4. The highest BCUT2D eigenvalue weighted by Gasteiger charge is 2.23. The molecule has 1 saturated carbocycles. The van der Waals surface area contributed by atoms with Crippen molar-refractivity contribution >= 4 is 22.1 Å². The van der Waals surface area contributed by atoms with Gasteiger partial charge in [0.05, 0.1) is 11.0 Å². The van der Waals surface area contributed by atoms with E-state index < -0.39 is 27.7 Å². The highest BCUT2D eigenvalue weighted by Crippen LogP contribution is 2.18. The predicted molar refractivity (Wildman–Crippen MR) is 111 cm³/mol. The zero-order valence-electron chi connectivity index (χ0n) is 17.6. The molecule has 4 N–H and O–H groups in total. The Bertz CT molecular complexity index is 825. The molecule has 1 aliphatic rings. The first-order valence-corrected chi connectivity index (χ1v) is 11.5. The SMILES string of the molecule is CC(C)(C)OC(=O)NCCc1ccc(S(=O)(=O)NC(=O)NC2CCC(O)CC2)cc1. The van der Waals surface area contributed by atoms with Crippen molar-refractivity contribution in [2.24, 2.45) is 0 Å². The van der Waals surface area contributed by atoms with Crippen molar-refractivity contribution in [3.8, 4) is 0 Å². The number of amides is 3. The highest BCUT2D eigenvalue weighted by molar-refractivity contribution is 7.90. The van der Waals surface area contributed by atoms with Gasteiger partial charge in [-0.3, -0.25) is 0 Å². The third-order valence-electron chi connectivity index (χ3n) is 4.57. The molecule has 0 spiro atoms. The zero-order chi connectivity index (χ0) is 22.4. The topological polar surface area (TPSA) is 134 Å². The first-order chi connectivity index (χ1) is 13.9. The predicted octanol–water partition coefficient (Wildman–Crippen LogP) is 2.05. The molecule has 1 aromatic carbocycles. The number of ether oxygens (including phenoxy) is 1. The van der Waals surface area contributed by atoms with Crippen LogP contribution < -0.4 is 15.4 Å². The Kier molecular flexibility index (Phi) is 8.08. The van der Waals surface area contributed by atoms with Crippen molar-refractivity contribution in [3.63, 3.8) is 0 Å². The summed E-state index contributed by atoms with van der Waals surface area (Å²) in [6, 6.07) is 5.16. The van der Waals surface area contributed by atoms with Gasteiger partial charge in [-0.25, -0.2) is 22.7 Å². The zero-order valence-corrected chi connectivity index (χ0v) is 18.4. The second kappa shape index (κ2) is 10.1. The van der Waals surface area contributed by atoms with Gasteiger partial charge in [0.25, 0.3) is 10.0 Å². The third kappa shape index (κ3) is 8.19. The number of benzene rings is 1. The minimum absolute atomic E-state index is 0.0273. The fourth-order valence-corrected chi connectivity index (χ4v) is 3.99. The van der Waals surface area contributed by atoms with Crippen molar-refractivity contribution in [2.45, 2.75) is 75.5 Å². The Balaban J connectivity index is 1.82. The average molecular weight is 442 g/mol. The lowest BCUT2D eigenvalue weighted by molar-refractivity contribution is 0.0528. The Morgan fingerprint density at radius 3 is 2.27 bits per heavy atom. The first-order valence-electron chi connectivity index (χ1n) is 10.0. The number of aliphatic hydroxyl groups is 1. The van der Waals surface area contributed by atoms with E-state index in [4.69, 9.17) is 4.74 Å². The average Bonchev–Trinajstić information content (AvgIpc) is 2.62. The second-order valence-corrected chi connectivity index (χ2v) is 10.1. The molecule has 0 atom stereocenters. The molecule has 1 aliphatic carbocycles. The van der Waals surface area contributed by atoms with Gasteiger partial charge in [-0.1, -0.05) is 12.1 Å². The molecule has 168 valence electrons. The van der Waals surface area contributed by atoms with Crippen molar-refractivity contribution in [3.05, 3.63) is 29.8 Å². The maximum Gasteiger partial charge on any atom is 0.407 e. The van der Waals surface area contributed by atoms with Crippen molar-refractivity contribution in [1.82, 2.24) is 15.4 Å². The van der Waals surface area contributed by atoms with Crippen LogP contribution >= 0.6 is 0 Å². The molecule has 3 amide bonds. The van der Waals surface area contributed by atoms with Gasteiger partial charge in [0.2, 0.25) is 0 Å². The van der Waals surface area contributed by atoms with Crippen molar-refractivity contribution in [2.75, 3.05) is 6.54 Å². The summed E-state index contributed by atoms with van der Waals surface area (Å²) in [6.07, 6.45) is 2.03. The van der Waals surface area contributed by atoms with E-state index in [0.29, 0.717) is 38.6 Å². The van der Waals surface area contributed by atoms with E-state index >= 15 is 0 Å². The van der Waals surface area contributed by atoms with Gasteiger partial charge >= 0.3 is 12.1 Å². The Morgan fingerprint density at radius 1 is 1.10 bits per heavy atom. The van der Waals surface area contributed by atoms with Gasteiger partial charge in [-0.15, -0.1) is 0 Å². The van der Waals surface area contributed by atoms with Gasteiger partial charge in [0.15, 0.2) is 0 Å². The molecule has 1 aromatic rings. The van der Waals surface area contributed by atoms with E-state index in [9.17, 15) is 23.1 Å². The fraction of sp³-hybridized carbons (Fsp3) is 0.600. The lowest BCUT2D eigenvalue weighted by Gasteiger charge is -2.26. The molecule has 2 rings (SSSR count). The lowest BCUT2D eigenvalue weighted by atomic mass is 9.93. The summed E-state index contributed by atoms with van der Waals surface area (Å²) in [5.74, 6) is 0. The van der Waals surface area contributed by atoms with Crippen molar-refractivity contribution in [1.29, 1.82) is 0 Å². The summed E-state index contributed by atoms with van der Waals surface area (Å²) in [6.45, 7) is 5.68. The van der Waals surface area contributed by atoms with Crippen LogP contribution in [-0.4, -0.2) is 49.9 Å². The van der Waals surface area contributed by atoms with Gasteiger partial charge < -0.3 is 20.5 Å². The van der Waals surface area contributed by atoms with Crippen LogP contribution in [0.15, 0.2) is 29.2 Å². The van der Waals surface area contributed by atoms with Crippen LogP contribution in [0.5, 0.6) is 0 Å². The van der Waals surface area contributed by atoms with Crippen LogP contribution in [0.3, 0.4) is 0 Å². The van der Waals surface area contributed by atoms with Gasteiger partial charge in [0, 0.05) is 12.6 Å². The number of sulfonamides is 1. The maximum atomic E-state index is 12.4. The minimum Gasteiger partial charge on any atom is -0.444 e. The number of hydrogen-bond acceptors (Lipinski definition) is 6. The molecule has 0 aromatic heterocycles. The van der Waals surface area contributed by atoms with Crippen LogP contribution in [0.1, 0.15) is 52.0 Å². The number of nitrogens with one attached hydrogen (secondary N) is 3. The molecule has 0 radical (unpaired) electrons. The van der Waals surface area contributed by atoms with Crippen LogP contribution in [0.25, 0.3) is 0 Å². The summed E-state index contributed by atoms with van der Waals surface area (Å²) < 4.78 is 32.0. The summed E-state index contributed by atoms with van der Waals surface area (Å²) in [5, 5.41) is 14.8. The van der Waals surface area contributed by atoms with Crippen LogP contribution in [-0.2, 0) is 21.2 Å². The van der Waals surface area contributed by atoms with Gasteiger partial charge in [-0.2, -0.15) is 0 Å². The van der Waals surface area contributed by atoms with Gasteiger partial charge in [-0.05, 0) is 70.6 Å². The standard InChI is InChI=1S/C20H31N3O6S/c1-20(2,3)29-19(26)21-13-12-14-4-10-17(11-5-14)30(27,28)23-18(25)22-15-6-8-16(24)9-7-15/h4-5,10-11,15-16,24H,6-9,12-13H2,1-3H3,(H,21,26)(H2,22,23,25). The molecule has 1 fully saturated rings. The molecule has 0 unspecified atom stereocenters. The monoisotopic (exact) mass is 441 g/mol. The molecule has 9 nitrogen and oxygen atoms in total. The van der Waals surface area contributed by atoms with E-state index in [1.54, 1.807) is 32.9 Å². The Hall–Kier alpha value is -2.33. The van der Waals surface area contributed by atoms with E-state index in [1.807, 2.05) is 4.72 Å². The first kappa shape index (κ1) is 23.9. The molecule has 10 heteroatoms. The number of aliphatic hydroxyl groups excluding tert-OH is 1. The Labute approximate surface area is 177 Å². The molecular formula is C20H31N3O6S. The number of urea groups is 1. The van der Waals surface area contributed by atoms with Crippen LogP contribution in [0.2, 0.25) is 0 Å². The quantitative estimate of drug-likeness (QED) is 0.534. The molecule has 0 heterocycles. The number of rotatable bonds is 6.